The topological polar surface area (TPSA) is 54.2 Å². The van der Waals surface area contributed by atoms with Gasteiger partial charge in [-0.25, -0.2) is 9.97 Å². The number of hydrogen-bond acceptors (Lipinski definition) is 4. The van der Waals surface area contributed by atoms with Gasteiger partial charge >= 0.3 is 0 Å². The number of anilines is 2. The van der Waals surface area contributed by atoms with Gasteiger partial charge < -0.3 is 15.0 Å². The normalized spacial score (nSPS) is 22.9. The fraction of sp³-hybridized carbons (Fsp3) is 0.600. The second-order valence-electron chi connectivity index (χ2n) is 5.65. The minimum absolute atomic E-state index is 0.526. The Kier molecular flexibility index (Phi) is 3.76. The number of fused-ring (bicyclic) bond motifs is 1. The van der Waals surface area contributed by atoms with Gasteiger partial charge in [0, 0.05) is 25.5 Å². The molecule has 20 heavy (non-hydrogen) atoms. The van der Waals surface area contributed by atoms with Crippen LogP contribution in [0.3, 0.4) is 0 Å². The first kappa shape index (κ1) is 13.2. The number of aromatic nitrogens is 3. The Morgan fingerprint density at radius 3 is 2.80 bits per heavy atom. The van der Waals surface area contributed by atoms with Crippen molar-refractivity contribution < 1.29 is 0 Å². The summed E-state index contributed by atoms with van der Waals surface area (Å²) in [6.07, 6.45) is 12.2. The molecule has 2 heterocycles. The lowest BCUT2D eigenvalue weighted by molar-refractivity contribution is 0.330. The van der Waals surface area contributed by atoms with Crippen molar-refractivity contribution in [1.29, 1.82) is 0 Å². The molecule has 0 spiro atoms. The van der Waals surface area contributed by atoms with Crippen molar-refractivity contribution in [2.75, 3.05) is 17.7 Å². The lowest BCUT2D eigenvalue weighted by Crippen LogP contribution is -2.26. The summed E-state index contributed by atoms with van der Waals surface area (Å²) in [6, 6.07) is 0.526. The molecular formula is C15H23N5. The summed E-state index contributed by atoms with van der Waals surface area (Å²) in [5.74, 6) is 2.66. The van der Waals surface area contributed by atoms with Gasteiger partial charge in [-0.1, -0.05) is 13.3 Å². The summed E-state index contributed by atoms with van der Waals surface area (Å²) in [7, 11) is 1.89. The molecule has 0 amide bonds. The Balaban J connectivity index is 1.78. The summed E-state index contributed by atoms with van der Waals surface area (Å²) >= 11 is 0. The van der Waals surface area contributed by atoms with Gasteiger partial charge in [0.25, 0.3) is 0 Å². The molecule has 1 aliphatic rings. The molecule has 1 saturated carbocycles. The van der Waals surface area contributed by atoms with Crippen LogP contribution in [0.2, 0.25) is 0 Å². The Morgan fingerprint density at radius 1 is 1.30 bits per heavy atom. The van der Waals surface area contributed by atoms with Crippen LogP contribution < -0.4 is 10.6 Å². The molecule has 0 radical (unpaired) electrons. The average molecular weight is 273 g/mol. The Morgan fingerprint density at radius 2 is 2.10 bits per heavy atom. The summed E-state index contributed by atoms with van der Waals surface area (Å²) in [5.41, 5.74) is 0.904. The standard InChI is InChI=1S/C15H23N5/c1-3-11-4-6-12(7-5-11)18-14-15-17-8-9-20(15)10-13(16-2)19-14/h8-12,16H,3-7H2,1-2H3,(H,18,19). The number of rotatable bonds is 4. The van der Waals surface area contributed by atoms with Gasteiger partial charge in [-0.15, -0.1) is 0 Å². The summed E-state index contributed by atoms with van der Waals surface area (Å²) in [5, 5.41) is 6.70. The van der Waals surface area contributed by atoms with Crippen LogP contribution in [0.15, 0.2) is 18.6 Å². The predicted octanol–water partition coefficient (Wildman–Crippen LogP) is 3.15. The molecule has 1 fully saturated rings. The Labute approximate surface area is 119 Å². The van der Waals surface area contributed by atoms with Crippen LogP contribution in [0.5, 0.6) is 0 Å². The van der Waals surface area contributed by atoms with Gasteiger partial charge in [0.2, 0.25) is 0 Å². The quantitative estimate of drug-likeness (QED) is 0.898. The molecule has 3 rings (SSSR count). The molecule has 0 aliphatic heterocycles. The molecular weight excluding hydrogens is 250 g/mol. The van der Waals surface area contributed by atoms with Gasteiger partial charge in [0.05, 0.1) is 6.20 Å². The molecule has 0 unspecified atom stereocenters. The minimum atomic E-state index is 0.526. The van der Waals surface area contributed by atoms with E-state index in [4.69, 9.17) is 0 Å². The maximum atomic E-state index is 4.62. The summed E-state index contributed by atoms with van der Waals surface area (Å²) in [6.45, 7) is 2.30. The fourth-order valence-corrected chi connectivity index (χ4v) is 3.06. The van der Waals surface area contributed by atoms with Crippen molar-refractivity contribution in [3.63, 3.8) is 0 Å². The van der Waals surface area contributed by atoms with Gasteiger partial charge in [-0.3, -0.25) is 0 Å². The number of hydrogen-bond donors (Lipinski definition) is 2. The van der Waals surface area contributed by atoms with E-state index in [0.717, 1.165) is 23.2 Å². The third-order valence-corrected chi connectivity index (χ3v) is 4.40. The highest BCUT2D eigenvalue weighted by Gasteiger charge is 2.21. The highest BCUT2D eigenvalue weighted by molar-refractivity contribution is 5.65. The van der Waals surface area contributed by atoms with E-state index in [-0.39, 0.29) is 0 Å². The third kappa shape index (κ3) is 2.57. The number of nitrogens with one attached hydrogen (secondary N) is 2. The third-order valence-electron chi connectivity index (χ3n) is 4.40. The maximum absolute atomic E-state index is 4.62. The van der Waals surface area contributed by atoms with Gasteiger partial charge in [0.1, 0.15) is 5.82 Å². The number of nitrogens with zero attached hydrogens (tertiary/aromatic N) is 3. The van der Waals surface area contributed by atoms with Crippen LogP contribution in [-0.2, 0) is 0 Å². The molecule has 5 heteroatoms. The van der Waals surface area contributed by atoms with E-state index >= 15 is 0 Å². The predicted molar refractivity (Wildman–Crippen MR) is 82.2 cm³/mol. The molecule has 108 valence electrons. The Bertz CT molecular complexity index is 569. The van der Waals surface area contributed by atoms with Crippen molar-refractivity contribution in [1.82, 2.24) is 14.4 Å². The van der Waals surface area contributed by atoms with E-state index in [0.29, 0.717) is 6.04 Å². The monoisotopic (exact) mass is 273 g/mol. The first-order valence-electron chi connectivity index (χ1n) is 7.58. The van der Waals surface area contributed by atoms with Crippen LogP contribution in [0.4, 0.5) is 11.6 Å². The van der Waals surface area contributed by atoms with Crippen molar-refractivity contribution >= 4 is 17.3 Å². The summed E-state index contributed by atoms with van der Waals surface area (Å²) in [4.78, 5) is 9.02. The lowest BCUT2D eigenvalue weighted by Gasteiger charge is -2.28. The highest BCUT2D eigenvalue weighted by atomic mass is 15.1. The molecule has 0 bridgehead atoms. The van der Waals surface area contributed by atoms with Crippen LogP contribution in [-0.4, -0.2) is 27.5 Å². The maximum Gasteiger partial charge on any atom is 0.180 e. The second kappa shape index (κ2) is 5.69. The van der Waals surface area contributed by atoms with Crippen molar-refractivity contribution in [3.05, 3.63) is 18.6 Å². The second-order valence-corrected chi connectivity index (χ2v) is 5.65. The molecule has 0 aromatic carbocycles. The largest absolute Gasteiger partial charge is 0.372 e. The first-order valence-corrected chi connectivity index (χ1v) is 7.58. The van der Waals surface area contributed by atoms with Crippen molar-refractivity contribution in [2.45, 2.75) is 45.1 Å². The highest BCUT2D eigenvalue weighted by Crippen LogP contribution is 2.29. The van der Waals surface area contributed by atoms with Crippen LogP contribution in [0, 0.1) is 5.92 Å². The van der Waals surface area contributed by atoms with E-state index in [9.17, 15) is 0 Å². The molecule has 0 atom stereocenters. The smallest absolute Gasteiger partial charge is 0.180 e. The zero-order chi connectivity index (χ0) is 13.9. The molecule has 1 aliphatic carbocycles. The van der Waals surface area contributed by atoms with Crippen molar-refractivity contribution in [3.8, 4) is 0 Å². The zero-order valence-corrected chi connectivity index (χ0v) is 12.3. The van der Waals surface area contributed by atoms with Gasteiger partial charge in [-0.05, 0) is 31.6 Å². The lowest BCUT2D eigenvalue weighted by atomic mass is 9.84. The van der Waals surface area contributed by atoms with Gasteiger partial charge in [-0.2, -0.15) is 0 Å². The minimum Gasteiger partial charge on any atom is -0.372 e. The molecule has 2 aromatic rings. The average Bonchev–Trinajstić information content (AvgIpc) is 2.96. The first-order chi connectivity index (χ1) is 9.80. The molecule has 2 aromatic heterocycles. The van der Waals surface area contributed by atoms with Crippen LogP contribution in [0.25, 0.3) is 5.65 Å². The SMILES string of the molecule is CCC1CCC(Nc2nc(NC)cn3ccnc23)CC1. The van der Waals surface area contributed by atoms with E-state index in [1.807, 2.05) is 30.0 Å². The number of imidazole rings is 1. The molecule has 0 saturated heterocycles. The zero-order valence-electron chi connectivity index (χ0n) is 12.3. The van der Waals surface area contributed by atoms with E-state index in [1.54, 1.807) is 0 Å². The fourth-order valence-electron chi connectivity index (χ4n) is 3.06. The van der Waals surface area contributed by atoms with E-state index in [1.165, 1.54) is 32.1 Å². The Hall–Kier alpha value is -1.78. The van der Waals surface area contributed by atoms with E-state index < -0.39 is 0 Å². The van der Waals surface area contributed by atoms with E-state index in [2.05, 4.69) is 27.5 Å². The van der Waals surface area contributed by atoms with Crippen molar-refractivity contribution in [2.24, 2.45) is 5.92 Å². The summed E-state index contributed by atoms with van der Waals surface area (Å²) < 4.78 is 2.01. The molecule has 2 N–H and O–H groups in total. The molecule has 5 nitrogen and oxygen atoms in total. The van der Waals surface area contributed by atoms with Gasteiger partial charge in [0.15, 0.2) is 11.5 Å². The van der Waals surface area contributed by atoms with Crippen LogP contribution >= 0.6 is 0 Å². The van der Waals surface area contributed by atoms with Crippen LogP contribution in [0.1, 0.15) is 39.0 Å².